The number of hydrogen-bond acceptors (Lipinski definition) is 2. The van der Waals surface area contributed by atoms with E-state index in [2.05, 4.69) is 44.2 Å². The number of benzene rings is 1. The first-order valence-electron chi connectivity index (χ1n) is 6.83. The van der Waals surface area contributed by atoms with Gasteiger partial charge in [0.1, 0.15) is 0 Å². The molecule has 2 aromatic rings. The third-order valence-electron chi connectivity index (χ3n) is 3.11. The van der Waals surface area contributed by atoms with Crippen LogP contribution in [0.1, 0.15) is 43.3 Å². The lowest BCUT2D eigenvalue weighted by molar-refractivity contribution is 0.662. The minimum atomic E-state index is 1.12. The van der Waals surface area contributed by atoms with Crippen molar-refractivity contribution in [1.29, 1.82) is 0 Å². The van der Waals surface area contributed by atoms with Crippen molar-refractivity contribution in [2.24, 2.45) is 0 Å². The number of nitrogens with zero attached hydrogens (tertiary/aromatic N) is 1. The molecule has 0 saturated carbocycles. The van der Waals surface area contributed by atoms with Crippen LogP contribution in [0.15, 0.2) is 30.3 Å². The van der Waals surface area contributed by atoms with Crippen molar-refractivity contribution in [3.8, 4) is 10.4 Å². The fourth-order valence-electron chi connectivity index (χ4n) is 2.17. The topological polar surface area (TPSA) is 12.9 Å². The van der Waals surface area contributed by atoms with Gasteiger partial charge in [-0.2, -0.15) is 0 Å². The summed E-state index contributed by atoms with van der Waals surface area (Å²) < 4.78 is 0. The van der Waals surface area contributed by atoms with Gasteiger partial charge in [0.15, 0.2) is 0 Å². The van der Waals surface area contributed by atoms with E-state index in [0.717, 1.165) is 6.42 Å². The van der Waals surface area contributed by atoms with Crippen LogP contribution < -0.4 is 0 Å². The molecule has 1 nitrogen and oxygen atoms in total. The van der Waals surface area contributed by atoms with Crippen LogP contribution in [0.3, 0.4) is 0 Å². The lowest BCUT2D eigenvalue weighted by Crippen LogP contribution is -1.89. The van der Waals surface area contributed by atoms with Crippen LogP contribution in [0.5, 0.6) is 0 Å². The van der Waals surface area contributed by atoms with Crippen molar-refractivity contribution in [2.75, 3.05) is 0 Å². The van der Waals surface area contributed by atoms with Gasteiger partial charge >= 0.3 is 0 Å². The first-order valence-corrected chi connectivity index (χ1v) is 7.64. The van der Waals surface area contributed by atoms with Crippen molar-refractivity contribution >= 4 is 11.3 Å². The SMILES string of the molecule is CCCCCCc1nc(C)sc1-c1ccccc1. The van der Waals surface area contributed by atoms with E-state index in [9.17, 15) is 0 Å². The highest BCUT2D eigenvalue weighted by atomic mass is 32.1. The predicted molar refractivity (Wildman–Crippen MR) is 80.1 cm³/mol. The summed E-state index contributed by atoms with van der Waals surface area (Å²) in [6.45, 7) is 4.36. The number of rotatable bonds is 6. The second kappa shape index (κ2) is 6.69. The molecule has 18 heavy (non-hydrogen) atoms. The van der Waals surface area contributed by atoms with Crippen molar-refractivity contribution in [2.45, 2.75) is 46.0 Å². The molecular formula is C16H21NS. The quantitative estimate of drug-likeness (QED) is 0.646. The van der Waals surface area contributed by atoms with E-state index in [1.54, 1.807) is 0 Å². The van der Waals surface area contributed by atoms with E-state index in [-0.39, 0.29) is 0 Å². The van der Waals surface area contributed by atoms with Crippen molar-refractivity contribution in [1.82, 2.24) is 4.98 Å². The average molecular weight is 259 g/mol. The number of aromatic nitrogens is 1. The van der Waals surface area contributed by atoms with Crippen LogP contribution >= 0.6 is 11.3 Å². The lowest BCUT2D eigenvalue weighted by Gasteiger charge is -2.02. The van der Waals surface area contributed by atoms with Crippen LogP contribution in [0, 0.1) is 6.92 Å². The summed E-state index contributed by atoms with van der Waals surface area (Å²) >= 11 is 1.82. The van der Waals surface area contributed by atoms with Crippen LogP contribution in [0.25, 0.3) is 10.4 Å². The number of unbranched alkanes of at least 4 members (excludes halogenated alkanes) is 3. The summed E-state index contributed by atoms with van der Waals surface area (Å²) in [6.07, 6.45) is 6.33. The summed E-state index contributed by atoms with van der Waals surface area (Å²) in [4.78, 5) is 6.07. The minimum absolute atomic E-state index is 1.12. The maximum atomic E-state index is 4.70. The molecule has 1 aromatic carbocycles. The Morgan fingerprint density at radius 3 is 2.56 bits per heavy atom. The highest BCUT2D eigenvalue weighted by molar-refractivity contribution is 7.15. The molecular weight excluding hydrogens is 238 g/mol. The summed E-state index contributed by atoms with van der Waals surface area (Å²) in [5.41, 5.74) is 2.60. The van der Waals surface area contributed by atoms with Gasteiger partial charge < -0.3 is 0 Å². The number of thiazole rings is 1. The molecule has 0 unspecified atom stereocenters. The fourth-order valence-corrected chi connectivity index (χ4v) is 3.14. The maximum Gasteiger partial charge on any atom is 0.0903 e. The third kappa shape index (κ3) is 3.42. The maximum absolute atomic E-state index is 4.70. The molecule has 0 bridgehead atoms. The molecule has 0 spiro atoms. The smallest absolute Gasteiger partial charge is 0.0903 e. The largest absolute Gasteiger partial charge is 0.246 e. The van der Waals surface area contributed by atoms with Gasteiger partial charge in [0.05, 0.1) is 15.6 Å². The van der Waals surface area contributed by atoms with Gasteiger partial charge in [-0.25, -0.2) is 4.98 Å². The Labute approximate surface area is 114 Å². The highest BCUT2D eigenvalue weighted by Crippen LogP contribution is 2.30. The zero-order valence-corrected chi connectivity index (χ0v) is 12.1. The molecule has 96 valence electrons. The molecule has 1 aromatic heterocycles. The molecule has 0 atom stereocenters. The van der Waals surface area contributed by atoms with Gasteiger partial charge in [-0.3, -0.25) is 0 Å². The average Bonchev–Trinajstić information content (AvgIpc) is 2.77. The molecule has 0 fully saturated rings. The van der Waals surface area contributed by atoms with E-state index in [1.165, 1.54) is 46.8 Å². The second-order valence-corrected chi connectivity index (χ2v) is 5.89. The van der Waals surface area contributed by atoms with Crippen LogP contribution in [0.2, 0.25) is 0 Å². The normalized spacial score (nSPS) is 10.8. The molecule has 2 heteroatoms. The summed E-state index contributed by atoms with van der Waals surface area (Å²) in [7, 11) is 0. The van der Waals surface area contributed by atoms with E-state index >= 15 is 0 Å². The van der Waals surface area contributed by atoms with E-state index in [0.29, 0.717) is 0 Å². The second-order valence-electron chi connectivity index (χ2n) is 4.69. The molecule has 0 saturated heterocycles. The fraction of sp³-hybridized carbons (Fsp3) is 0.438. The van der Waals surface area contributed by atoms with E-state index in [4.69, 9.17) is 4.98 Å². The molecule has 0 aliphatic heterocycles. The molecule has 0 N–H and O–H groups in total. The lowest BCUT2D eigenvalue weighted by atomic mass is 10.1. The molecule has 2 rings (SSSR count). The molecule has 0 aliphatic rings. The monoisotopic (exact) mass is 259 g/mol. The van der Waals surface area contributed by atoms with Crippen LogP contribution in [-0.2, 0) is 6.42 Å². The van der Waals surface area contributed by atoms with Gasteiger partial charge in [-0.05, 0) is 25.3 Å². The van der Waals surface area contributed by atoms with E-state index in [1.807, 2.05) is 11.3 Å². The van der Waals surface area contributed by atoms with Crippen LogP contribution in [-0.4, -0.2) is 4.98 Å². The van der Waals surface area contributed by atoms with Gasteiger partial charge in [0, 0.05) is 0 Å². The Bertz CT molecular complexity index is 473. The zero-order valence-electron chi connectivity index (χ0n) is 11.3. The Balaban J connectivity index is 2.11. The first-order chi connectivity index (χ1) is 8.81. The predicted octanol–water partition coefficient (Wildman–Crippen LogP) is 5.24. The highest BCUT2D eigenvalue weighted by Gasteiger charge is 2.10. The van der Waals surface area contributed by atoms with Crippen molar-refractivity contribution < 1.29 is 0 Å². The van der Waals surface area contributed by atoms with Gasteiger partial charge in [0.2, 0.25) is 0 Å². The Morgan fingerprint density at radius 1 is 1.06 bits per heavy atom. The summed E-state index contributed by atoms with van der Waals surface area (Å²) in [5, 5.41) is 1.18. The molecule has 0 amide bonds. The Hall–Kier alpha value is -1.15. The van der Waals surface area contributed by atoms with Gasteiger partial charge in [-0.15, -0.1) is 11.3 Å². The van der Waals surface area contributed by atoms with Crippen molar-refractivity contribution in [3.63, 3.8) is 0 Å². The van der Waals surface area contributed by atoms with Crippen molar-refractivity contribution in [3.05, 3.63) is 41.0 Å². The zero-order chi connectivity index (χ0) is 12.8. The van der Waals surface area contributed by atoms with Gasteiger partial charge in [0.25, 0.3) is 0 Å². The Kier molecular flexibility index (Phi) is 4.94. The molecule has 0 radical (unpaired) electrons. The standard InChI is InChI=1S/C16H21NS/c1-3-4-5-9-12-15-16(18-13(2)17-15)14-10-7-6-8-11-14/h6-8,10-11H,3-5,9,12H2,1-2H3. The Morgan fingerprint density at radius 2 is 1.83 bits per heavy atom. The van der Waals surface area contributed by atoms with E-state index < -0.39 is 0 Å². The summed E-state index contributed by atoms with van der Waals surface area (Å²) in [5.74, 6) is 0. The number of hydrogen-bond donors (Lipinski definition) is 0. The third-order valence-corrected chi connectivity index (χ3v) is 4.17. The first kappa shape index (κ1) is 13.3. The van der Waals surface area contributed by atoms with Gasteiger partial charge in [-0.1, -0.05) is 56.5 Å². The number of aryl methyl sites for hydroxylation is 2. The molecule has 0 aliphatic carbocycles. The van der Waals surface area contributed by atoms with Crippen LogP contribution in [0.4, 0.5) is 0 Å². The summed E-state index contributed by atoms with van der Waals surface area (Å²) in [6, 6.07) is 10.6. The molecule has 1 heterocycles. The minimum Gasteiger partial charge on any atom is -0.246 e.